The minimum atomic E-state index is 0. The summed E-state index contributed by atoms with van der Waals surface area (Å²) in [5.41, 5.74) is 0. The van der Waals surface area contributed by atoms with Gasteiger partial charge in [-0.25, -0.2) is 4.37 Å². The molecule has 2 aliphatic rings. The lowest BCUT2D eigenvalue weighted by Crippen LogP contribution is -2.49. The Kier molecular flexibility index (Phi) is 5.05. The van der Waals surface area contributed by atoms with E-state index in [1.165, 1.54) is 17.7 Å². The van der Waals surface area contributed by atoms with Crippen molar-refractivity contribution in [3.8, 4) is 0 Å². The molecular formula is C13H21IN4S. The third kappa shape index (κ3) is 3.04. The summed E-state index contributed by atoms with van der Waals surface area (Å²) in [5, 5.41) is 3.55. The lowest BCUT2D eigenvalue weighted by molar-refractivity contribution is 0.194. The molecule has 2 aliphatic heterocycles. The predicted molar refractivity (Wildman–Crippen MR) is 90.3 cm³/mol. The quantitative estimate of drug-likeness (QED) is 0.787. The van der Waals surface area contributed by atoms with Gasteiger partial charge in [-0.2, -0.15) is 0 Å². The first-order valence-electron chi connectivity index (χ1n) is 6.74. The Morgan fingerprint density at radius 3 is 3.11 bits per heavy atom. The molecule has 106 valence electrons. The number of aromatic nitrogens is 1. The fourth-order valence-corrected chi connectivity index (χ4v) is 3.49. The third-order valence-electron chi connectivity index (χ3n) is 4.05. The molecule has 0 spiro atoms. The number of nitrogens with zero attached hydrogens (tertiary/aromatic N) is 3. The number of halogens is 1. The van der Waals surface area contributed by atoms with Gasteiger partial charge in [0, 0.05) is 17.6 Å². The molecule has 0 aliphatic carbocycles. The van der Waals surface area contributed by atoms with Gasteiger partial charge in [0.2, 0.25) is 0 Å². The topological polar surface area (TPSA) is 40.5 Å². The van der Waals surface area contributed by atoms with Crippen molar-refractivity contribution in [2.75, 3.05) is 13.1 Å². The van der Waals surface area contributed by atoms with Gasteiger partial charge in [0.1, 0.15) is 0 Å². The molecule has 0 radical (unpaired) electrons. The molecular weight excluding hydrogens is 371 g/mol. The van der Waals surface area contributed by atoms with E-state index in [1.54, 1.807) is 11.5 Å². The maximum absolute atomic E-state index is 4.70. The molecule has 3 atom stereocenters. The first-order valence-corrected chi connectivity index (χ1v) is 7.51. The van der Waals surface area contributed by atoms with Gasteiger partial charge in [0.25, 0.3) is 0 Å². The van der Waals surface area contributed by atoms with Crippen molar-refractivity contribution >= 4 is 41.5 Å². The normalized spacial score (nSPS) is 27.3. The van der Waals surface area contributed by atoms with Crippen molar-refractivity contribution in [3.63, 3.8) is 0 Å². The number of fused-ring (bicyclic) bond motifs is 1. The van der Waals surface area contributed by atoms with Gasteiger partial charge in [0.15, 0.2) is 5.96 Å². The summed E-state index contributed by atoms with van der Waals surface area (Å²) in [5.74, 6) is 1.85. The van der Waals surface area contributed by atoms with Crippen molar-refractivity contribution in [2.45, 2.75) is 38.8 Å². The fraction of sp³-hybridized carbons (Fsp3) is 0.692. The largest absolute Gasteiger partial charge is 0.349 e. The van der Waals surface area contributed by atoms with Crippen LogP contribution in [-0.2, 0) is 0 Å². The van der Waals surface area contributed by atoms with Crippen molar-refractivity contribution in [3.05, 3.63) is 17.1 Å². The monoisotopic (exact) mass is 392 g/mol. The van der Waals surface area contributed by atoms with E-state index in [0.717, 1.165) is 25.0 Å². The van der Waals surface area contributed by atoms with Gasteiger partial charge in [-0.15, -0.1) is 24.0 Å². The second kappa shape index (κ2) is 6.39. The summed E-state index contributed by atoms with van der Waals surface area (Å²) < 4.78 is 4.16. The van der Waals surface area contributed by atoms with Gasteiger partial charge in [0.05, 0.1) is 18.6 Å². The molecule has 3 rings (SSSR count). The smallest absolute Gasteiger partial charge is 0.194 e. The molecule has 1 saturated heterocycles. The Labute approximate surface area is 135 Å². The first kappa shape index (κ1) is 15.0. The minimum absolute atomic E-state index is 0. The zero-order chi connectivity index (χ0) is 12.5. The van der Waals surface area contributed by atoms with Crippen LogP contribution in [0.15, 0.2) is 17.3 Å². The van der Waals surface area contributed by atoms with Crippen molar-refractivity contribution in [2.24, 2.45) is 10.9 Å². The number of nitrogens with one attached hydrogen (secondary N) is 1. The number of rotatable bonds is 2. The lowest BCUT2D eigenvalue weighted by Gasteiger charge is -2.37. The summed E-state index contributed by atoms with van der Waals surface area (Å²) in [6.45, 7) is 6.63. The van der Waals surface area contributed by atoms with E-state index in [2.05, 4.69) is 34.5 Å². The zero-order valence-electron chi connectivity index (χ0n) is 11.4. The van der Waals surface area contributed by atoms with Crippen LogP contribution in [0.1, 0.15) is 37.6 Å². The average molecular weight is 392 g/mol. The molecule has 0 amide bonds. The molecule has 6 heteroatoms. The minimum Gasteiger partial charge on any atom is -0.349 e. The van der Waals surface area contributed by atoms with Gasteiger partial charge in [-0.3, -0.25) is 4.99 Å². The Bertz CT molecular complexity index is 434. The van der Waals surface area contributed by atoms with Crippen LogP contribution >= 0.6 is 35.5 Å². The lowest BCUT2D eigenvalue weighted by atomic mass is 9.92. The van der Waals surface area contributed by atoms with Crippen LogP contribution in [0.5, 0.6) is 0 Å². The number of aliphatic imine (C=N–C) groups is 1. The molecule has 19 heavy (non-hydrogen) atoms. The molecule has 0 bridgehead atoms. The second-order valence-corrected chi connectivity index (χ2v) is 6.19. The molecule has 1 aromatic heterocycles. The van der Waals surface area contributed by atoms with Crippen molar-refractivity contribution in [1.82, 2.24) is 14.6 Å². The summed E-state index contributed by atoms with van der Waals surface area (Å²) in [7, 11) is 0. The summed E-state index contributed by atoms with van der Waals surface area (Å²) >= 11 is 1.56. The van der Waals surface area contributed by atoms with E-state index in [9.17, 15) is 0 Å². The fourth-order valence-electron chi connectivity index (χ4n) is 2.90. The van der Waals surface area contributed by atoms with E-state index < -0.39 is 0 Å². The Balaban J connectivity index is 0.00000133. The van der Waals surface area contributed by atoms with Crippen LogP contribution in [-0.4, -0.2) is 34.4 Å². The molecule has 4 nitrogen and oxygen atoms in total. The van der Waals surface area contributed by atoms with E-state index in [0.29, 0.717) is 12.1 Å². The molecule has 1 N–H and O–H groups in total. The molecule has 0 aromatic carbocycles. The van der Waals surface area contributed by atoms with Crippen molar-refractivity contribution < 1.29 is 0 Å². The summed E-state index contributed by atoms with van der Waals surface area (Å²) in [6.07, 6.45) is 4.49. The highest BCUT2D eigenvalue weighted by Gasteiger charge is 2.35. The Morgan fingerprint density at radius 1 is 1.53 bits per heavy atom. The maximum Gasteiger partial charge on any atom is 0.194 e. The number of piperidine rings is 1. The van der Waals surface area contributed by atoms with E-state index in [4.69, 9.17) is 4.99 Å². The van der Waals surface area contributed by atoms with Gasteiger partial charge >= 0.3 is 0 Å². The van der Waals surface area contributed by atoms with E-state index in [1.807, 2.05) is 6.20 Å². The van der Waals surface area contributed by atoms with Crippen LogP contribution < -0.4 is 5.32 Å². The molecule has 0 saturated carbocycles. The van der Waals surface area contributed by atoms with E-state index in [-0.39, 0.29) is 24.0 Å². The molecule has 3 unspecified atom stereocenters. The summed E-state index contributed by atoms with van der Waals surface area (Å²) in [6, 6.07) is 3.00. The predicted octanol–water partition coefficient (Wildman–Crippen LogP) is 2.88. The van der Waals surface area contributed by atoms with Crippen LogP contribution in [0.25, 0.3) is 0 Å². The van der Waals surface area contributed by atoms with Gasteiger partial charge in [-0.05, 0) is 43.3 Å². The number of hydrogen-bond donors (Lipinski definition) is 1. The first-order chi connectivity index (χ1) is 8.75. The molecule has 1 fully saturated rings. The highest BCUT2D eigenvalue weighted by atomic mass is 127. The van der Waals surface area contributed by atoms with Crippen LogP contribution in [0.4, 0.5) is 0 Å². The highest BCUT2D eigenvalue weighted by Crippen LogP contribution is 2.27. The second-order valence-electron chi connectivity index (χ2n) is 5.33. The van der Waals surface area contributed by atoms with Gasteiger partial charge in [-0.1, -0.05) is 6.92 Å². The van der Waals surface area contributed by atoms with Crippen LogP contribution in [0, 0.1) is 5.92 Å². The standard InChI is InChI=1S/C13H20N4S.HI/c1-9-4-3-7-17-11(9)8-14-13(17)16-10(2)12-5-6-15-18-12;/h5-6,9-11H,3-4,7-8H2,1-2H3,(H,14,16);1H. The summed E-state index contributed by atoms with van der Waals surface area (Å²) in [4.78, 5) is 8.43. The molecule has 1 aromatic rings. The zero-order valence-corrected chi connectivity index (χ0v) is 14.5. The van der Waals surface area contributed by atoms with Crippen LogP contribution in [0.3, 0.4) is 0 Å². The SMILES string of the molecule is CC(NC1=NCC2C(C)CCCN12)c1ccns1.I. The van der Waals surface area contributed by atoms with Crippen molar-refractivity contribution in [1.29, 1.82) is 0 Å². The Morgan fingerprint density at radius 2 is 2.37 bits per heavy atom. The van der Waals surface area contributed by atoms with Gasteiger partial charge < -0.3 is 10.2 Å². The number of hydrogen-bond acceptors (Lipinski definition) is 5. The molecule has 3 heterocycles. The van der Waals surface area contributed by atoms with E-state index >= 15 is 0 Å². The average Bonchev–Trinajstić information content (AvgIpc) is 2.99. The Hall–Kier alpha value is -0.370. The van der Waals surface area contributed by atoms with Crippen LogP contribution in [0.2, 0.25) is 0 Å². The number of guanidine groups is 1. The maximum atomic E-state index is 4.70. The highest BCUT2D eigenvalue weighted by molar-refractivity contribution is 14.0. The third-order valence-corrected chi connectivity index (χ3v) is 4.97.